The summed E-state index contributed by atoms with van der Waals surface area (Å²) >= 11 is 0. The normalized spacial score (nSPS) is 20.6. The quantitative estimate of drug-likeness (QED) is 0.493. The van der Waals surface area contributed by atoms with Gasteiger partial charge in [-0.25, -0.2) is 10.4 Å². The maximum Gasteiger partial charge on any atom is 0.254 e. The highest BCUT2D eigenvalue weighted by Crippen LogP contribution is 2.27. The molecule has 0 spiro atoms. The van der Waals surface area contributed by atoms with Crippen molar-refractivity contribution in [1.82, 2.24) is 25.7 Å². The third-order valence-electron chi connectivity index (χ3n) is 6.55. The number of aromatic nitrogens is 2. The minimum atomic E-state index is 0.0382. The van der Waals surface area contributed by atoms with Gasteiger partial charge in [0.25, 0.3) is 5.91 Å². The molecule has 180 valence electrons. The number of fused-ring (bicyclic) bond motifs is 1. The molecule has 2 saturated heterocycles. The first-order chi connectivity index (χ1) is 16.6. The van der Waals surface area contributed by atoms with Gasteiger partial charge in [0.1, 0.15) is 17.3 Å². The first kappa shape index (κ1) is 22.6. The molecule has 34 heavy (non-hydrogen) atoms. The summed E-state index contributed by atoms with van der Waals surface area (Å²) in [5.74, 6) is 2.53. The molecule has 2 aromatic carbocycles. The Morgan fingerprint density at radius 3 is 2.59 bits per heavy atom. The molecule has 2 fully saturated rings. The molecule has 3 heterocycles. The Morgan fingerprint density at radius 2 is 1.85 bits per heavy atom. The van der Waals surface area contributed by atoms with Gasteiger partial charge in [0.05, 0.1) is 44.5 Å². The molecule has 1 aromatic heterocycles. The van der Waals surface area contributed by atoms with Gasteiger partial charge in [-0.2, -0.15) is 0 Å². The SMILES string of the molecule is COc1cc(CCC2CC(c3nc4ccc(C(=O)N5CCOCC5)cc4[nH]3)NN2)cc(OC)c1. The average Bonchev–Trinajstić information content (AvgIpc) is 3.54. The van der Waals surface area contributed by atoms with Gasteiger partial charge in [-0.15, -0.1) is 0 Å². The zero-order valence-corrected chi connectivity index (χ0v) is 19.6. The predicted octanol–water partition coefficient (Wildman–Crippen LogP) is 2.59. The Bertz CT molecular complexity index is 1140. The number of carbonyl (C=O) groups is 1. The van der Waals surface area contributed by atoms with E-state index in [9.17, 15) is 4.79 Å². The highest BCUT2D eigenvalue weighted by atomic mass is 16.5. The number of hydrazine groups is 1. The summed E-state index contributed by atoms with van der Waals surface area (Å²) in [7, 11) is 3.33. The number of nitrogens with zero attached hydrogens (tertiary/aromatic N) is 2. The number of methoxy groups -OCH3 is 2. The van der Waals surface area contributed by atoms with Crippen LogP contribution in [0.2, 0.25) is 0 Å². The summed E-state index contributed by atoms with van der Waals surface area (Å²) < 4.78 is 16.1. The Kier molecular flexibility index (Phi) is 6.66. The number of ether oxygens (including phenoxy) is 3. The number of morpholine rings is 1. The highest BCUT2D eigenvalue weighted by Gasteiger charge is 2.27. The third kappa shape index (κ3) is 4.86. The van der Waals surface area contributed by atoms with E-state index in [1.54, 1.807) is 14.2 Å². The standard InChI is InChI=1S/C25H31N5O4/c1-32-19-11-16(12-20(15-19)33-2)3-5-18-14-23(29-28-18)24-26-21-6-4-17(13-22(21)27-24)25(31)30-7-9-34-10-8-30/h4,6,11-13,15,18,23,28-29H,3,5,7-10,14H2,1-2H3,(H,26,27). The van der Waals surface area contributed by atoms with Crippen molar-refractivity contribution in [1.29, 1.82) is 0 Å². The van der Waals surface area contributed by atoms with E-state index in [4.69, 9.17) is 19.2 Å². The van der Waals surface area contributed by atoms with Crippen LogP contribution in [0, 0.1) is 0 Å². The Labute approximate surface area is 198 Å². The fourth-order valence-corrected chi connectivity index (χ4v) is 4.62. The Morgan fingerprint density at radius 1 is 1.09 bits per heavy atom. The molecule has 1 amide bonds. The molecule has 0 saturated carbocycles. The van der Waals surface area contributed by atoms with Gasteiger partial charge in [-0.3, -0.25) is 10.2 Å². The summed E-state index contributed by atoms with van der Waals surface area (Å²) in [5.41, 5.74) is 10.4. The number of hydrogen-bond donors (Lipinski definition) is 3. The van der Waals surface area contributed by atoms with Gasteiger partial charge in [-0.05, 0) is 55.2 Å². The van der Waals surface area contributed by atoms with Crippen LogP contribution in [0.4, 0.5) is 0 Å². The molecule has 2 aliphatic heterocycles. The zero-order valence-electron chi connectivity index (χ0n) is 19.6. The maximum atomic E-state index is 12.8. The first-order valence-corrected chi connectivity index (χ1v) is 11.7. The minimum Gasteiger partial charge on any atom is -0.497 e. The number of H-pyrrole nitrogens is 1. The molecule has 5 rings (SSSR count). The molecule has 2 atom stereocenters. The van der Waals surface area contributed by atoms with Gasteiger partial charge < -0.3 is 24.1 Å². The van der Waals surface area contributed by atoms with Crippen LogP contribution in [0.3, 0.4) is 0 Å². The molecule has 0 radical (unpaired) electrons. The zero-order chi connectivity index (χ0) is 23.5. The summed E-state index contributed by atoms with van der Waals surface area (Å²) in [6.07, 6.45) is 2.80. The van der Waals surface area contributed by atoms with Crippen LogP contribution in [0.5, 0.6) is 11.5 Å². The lowest BCUT2D eigenvalue weighted by Crippen LogP contribution is -2.40. The summed E-state index contributed by atoms with van der Waals surface area (Å²) in [6.45, 7) is 2.45. The van der Waals surface area contributed by atoms with Crippen LogP contribution in [0.25, 0.3) is 11.0 Å². The van der Waals surface area contributed by atoms with Gasteiger partial charge >= 0.3 is 0 Å². The van der Waals surface area contributed by atoms with Crippen molar-refractivity contribution in [3.05, 3.63) is 53.3 Å². The van der Waals surface area contributed by atoms with E-state index in [0.29, 0.717) is 37.9 Å². The first-order valence-electron chi connectivity index (χ1n) is 11.7. The average molecular weight is 466 g/mol. The number of hydrogen-bond acceptors (Lipinski definition) is 7. The number of imidazole rings is 1. The second kappa shape index (κ2) is 10.0. The van der Waals surface area contributed by atoms with Crippen molar-refractivity contribution < 1.29 is 19.0 Å². The van der Waals surface area contributed by atoms with E-state index in [0.717, 1.165) is 47.6 Å². The van der Waals surface area contributed by atoms with E-state index in [1.807, 2.05) is 29.2 Å². The lowest BCUT2D eigenvalue weighted by atomic mass is 10.0. The third-order valence-corrected chi connectivity index (χ3v) is 6.55. The van der Waals surface area contributed by atoms with Gasteiger partial charge in [0.15, 0.2) is 0 Å². The van der Waals surface area contributed by atoms with Crippen molar-refractivity contribution in [3.8, 4) is 11.5 Å². The lowest BCUT2D eigenvalue weighted by Gasteiger charge is -2.26. The minimum absolute atomic E-state index is 0.0382. The highest BCUT2D eigenvalue weighted by molar-refractivity contribution is 5.97. The van der Waals surface area contributed by atoms with Crippen LogP contribution in [-0.2, 0) is 11.2 Å². The fourth-order valence-electron chi connectivity index (χ4n) is 4.62. The number of nitrogens with one attached hydrogen (secondary N) is 3. The van der Waals surface area contributed by atoms with Crippen molar-refractivity contribution in [3.63, 3.8) is 0 Å². The van der Waals surface area contributed by atoms with Crippen molar-refractivity contribution in [2.24, 2.45) is 0 Å². The Hall–Kier alpha value is -3.14. The lowest BCUT2D eigenvalue weighted by molar-refractivity contribution is 0.0303. The van der Waals surface area contributed by atoms with Crippen LogP contribution >= 0.6 is 0 Å². The number of carbonyl (C=O) groups excluding carboxylic acids is 1. The maximum absolute atomic E-state index is 12.8. The van der Waals surface area contributed by atoms with Crippen molar-refractivity contribution in [2.75, 3.05) is 40.5 Å². The summed E-state index contributed by atoms with van der Waals surface area (Å²) in [6, 6.07) is 12.1. The number of rotatable bonds is 7. The molecule has 0 bridgehead atoms. The second-order valence-corrected chi connectivity index (χ2v) is 8.79. The van der Waals surface area contributed by atoms with E-state index in [2.05, 4.69) is 28.0 Å². The van der Waals surface area contributed by atoms with E-state index in [-0.39, 0.29) is 11.9 Å². The van der Waals surface area contributed by atoms with Gasteiger partial charge in [0.2, 0.25) is 0 Å². The van der Waals surface area contributed by atoms with Gasteiger partial charge in [-0.1, -0.05) is 0 Å². The van der Waals surface area contributed by atoms with Crippen LogP contribution < -0.4 is 20.3 Å². The van der Waals surface area contributed by atoms with E-state index >= 15 is 0 Å². The molecule has 0 aliphatic carbocycles. The molecular weight excluding hydrogens is 434 g/mol. The molecule has 2 aliphatic rings. The number of aryl methyl sites for hydroxylation is 1. The summed E-state index contributed by atoms with van der Waals surface area (Å²) in [5, 5.41) is 0. The monoisotopic (exact) mass is 465 g/mol. The number of benzene rings is 2. The van der Waals surface area contributed by atoms with Crippen LogP contribution in [-0.4, -0.2) is 67.3 Å². The molecule has 3 aromatic rings. The summed E-state index contributed by atoms with van der Waals surface area (Å²) in [4.78, 5) is 22.8. The smallest absolute Gasteiger partial charge is 0.254 e. The predicted molar refractivity (Wildman–Crippen MR) is 128 cm³/mol. The topological polar surface area (TPSA) is 101 Å². The Balaban J connectivity index is 1.22. The van der Waals surface area contributed by atoms with Crippen LogP contribution in [0.15, 0.2) is 36.4 Å². The van der Waals surface area contributed by atoms with Crippen molar-refractivity contribution >= 4 is 16.9 Å². The molecule has 9 nitrogen and oxygen atoms in total. The molecule has 9 heteroatoms. The van der Waals surface area contributed by atoms with Gasteiger partial charge in [0, 0.05) is 30.8 Å². The van der Waals surface area contributed by atoms with Crippen molar-refractivity contribution in [2.45, 2.75) is 31.3 Å². The second-order valence-electron chi connectivity index (χ2n) is 8.79. The fraction of sp³-hybridized carbons (Fsp3) is 0.440. The molecule has 2 unspecified atom stereocenters. The van der Waals surface area contributed by atoms with Crippen LogP contribution in [0.1, 0.15) is 40.6 Å². The number of aromatic amines is 1. The largest absolute Gasteiger partial charge is 0.497 e. The molecular formula is C25H31N5O4. The van der Waals surface area contributed by atoms with E-state index < -0.39 is 0 Å². The van der Waals surface area contributed by atoms with E-state index in [1.165, 1.54) is 5.56 Å². The molecule has 3 N–H and O–H groups in total. The number of amides is 1.